The van der Waals surface area contributed by atoms with E-state index in [1.54, 1.807) is 0 Å². The zero-order valence-electron chi connectivity index (χ0n) is 8.58. The minimum absolute atomic E-state index is 0.196. The lowest BCUT2D eigenvalue weighted by molar-refractivity contribution is 0.484. The molecule has 17 heavy (non-hydrogen) atoms. The van der Waals surface area contributed by atoms with Crippen LogP contribution in [0, 0.1) is 11.6 Å². The van der Waals surface area contributed by atoms with Gasteiger partial charge in [-0.1, -0.05) is 12.1 Å². The summed E-state index contributed by atoms with van der Waals surface area (Å²) in [6, 6.07) is 5.31. The Kier molecular flexibility index (Phi) is 3.88. The summed E-state index contributed by atoms with van der Waals surface area (Å²) in [5, 5.41) is 1.86. The summed E-state index contributed by atoms with van der Waals surface area (Å²) in [6.07, 6.45) is 0. The number of nitrogens with two attached hydrogens (primary N) is 1. The van der Waals surface area contributed by atoms with Gasteiger partial charge >= 0.3 is 0 Å². The van der Waals surface area contributed by atoms with Crippen LogP contribution in [0.3, 0.4) is 0 Å². The van der Waals surface area contributed by atoms with E-state index >= 15 is 0 Å². The molecule has 1 atom stereocenters. The predicted octanol–water partition coefficient (Wildman–Crippen LogP) is 3.34. The molecule has 1 unspecified atom stereocenters. The monoisotopic (exact) mass is 318 g/mol. The number of hydrazine groups is 1. The molecule has 6 heteroatoms. The van der Waals surface area contributed by atoms with E-state index in [2.05, 4.69) is 21.4 Å². The van der Waals surface area contributed by atoms with E-state index in [9.17, 15) is 8.78 Å². The number of benzene rings is 1. The number of nitrogens with one attached hydrogen (secondary N) is 1. The van der Waals surface area contributed by atoms with Crippen LogP contribution in [0.5, 0.6) is 0 Å². The van der Waals surface area contributed by atoms with Gasteiger partial charge in [-0.05, 0) is 28.1 Å². The summed E-state index contributed by atoms with van der Waals surface area (Å²) in [7, 11) is 0. The van der Waals surface area contributed by atoms with Gasteiger partial charge in [0.05, 0.1) is 6.04 Å². The molecule has 0 aliphatic carbocycles. The molecule has 0 fully saturated rings. The number of hydrogen-bond donors (Lipinski definition) is 2. The molecular weight excluding hydrogens is 310 g/mol. The highest BCUT2D eigenvalue weighted by molar-refractivity contribution is 9.10. The molecule has 0 spiro atoms. The predicted molar refractivity (Wildman–Crippen MR) is 67.5 cm³/mol. The van der Waals surface area contributed by atoms with Gasteiger partial charge in [0, 0.05) is 20.3 Å². The van der Waals surface area contributed by atoms with Gasteiger partial charge in [0.15, 0.2) is 11.6 Å². The van der Waals surface area contributed by atoms with Gasteiger partial charge in [-0.3, -0.25) is 5.84 Å². The summed E-state index contributed by atoms with van der Waals surface area (Å²) in [5.41, 5.74) is 2.70. The van der Waals surface area contributed by atoms with Crippen molar-refractivity contribution in [3.8, 4) is 0 Å². The van der Waals surface area contributed by atoms with Crippen molar-refractivity contribution in [2.75, 3.05) is 0 Å². The first kappa shape index (κ1) is 12.6. The summed E-state index contributed by atoms with van der Waals surface area (Å²) >= 11 is 4.72. The van der Waals surface area contributed by atoms with Crippen molar-refractivity contribution in [1.82, 2.24) is 5.43 Å². The third kappa shape index (κ3) is 2.55. The lowest BCUT2D eigenvalue weighted by atomic mass is 10.1. The van der Waals surface area contributed by atoms with Crippen LogP contribution in [0.15, 0.2) is 34.1 Å². The molecule has 2 nitrogen and oxygen atoms in total. The van der Waals surface area contributed by atoms with Crippen molar-refractivity contribution in [2.24, 2.45) is 5.84 Å². The van der Waals surface area contributed by atoms with Gasteiger partial charge in [0.25, 0.3) is 0 Å². The van der Waals surface area contributed by atoms with Gasteiger partial charge in [-0.15, -0.1) is 11.3 Å². The van der Waals surface area contributed by atoms with Gasteiger partial charge in [0.1, 0.15) is 0 Å². The first-order valence-corrected chi connectivity index (χ1v) is 6.44. The molecule has 0 bridgehead atoms. The van der Waals surface area contributed by atoms with Crippen LogP contribution in [0.2, 0.25) is 0 Å². The Morgan fingerprint density at radius 1 is 1.35 bits per heavy atom. The number of halogens is 3. The van der Waals surface area contributed by atoms with E-state index in [1.807, 2.05) is 11.4 Å². The Hall–Kier alpha value is -0.820. The van der Waals surface area contributed by atoms with E-state index in [0.29, 0.717) is 0 Å². The van der Waals surface area contributed by atoms with Gasteiger partial charge in [-0.25, -0.2) is 14.2 Å². The van der Waals surface area contributed by atoms with E-state index < -0.39 is 17.7 Å². The van der Waals surface area contributed by atoms with E-state index in [4.69, 9.17) is 5.84 Å². The highest BCUT2D eigenvalue weighted by Crippen LogP contribution is 2.31. The van der Waals surface area contributed by atoms with Crippen molar-refractivity contribution in [1.29, 1.82) is 0 Å². The van der Waals surface area contributed by atoms with Crippen LogP contribution >= 0.6 is 27.3 Å². The molecular formula is C11H9BrF2N2S. The first-order chi connectivity index (χ1) is 8.13. The zero-order valence-corrected chi connectivity index (χ0v) is 11.0. The molecule has 0 saturated heterocycles. The van der Waals surface area contributed by atoms with Crippen LogP contribution in [0.1, 0.15) is 16.5 Å². The van der Waals surface area contributed by atoms with Crippen molar-refractivity contribution in [2.45, 2.75) is 6.04 Å². The maximum atomic E-state index is 13.7. The second kappa shape index (κ2) is 5.22. The SMILES string of the molecule is NNC(c1cc(Br)cs1)c1cccc(F)c1F. The Bertz CT molecular complexity index is 530. The first-order valence-electron chi connectivity index (χ1n) is 4.77. The smallest absolute Gasteiger partial charge is 0.164 e. The average molecular weight is 319 g/mol. The Balaban J connectivity index is 2.45. The number of rotatable bonds is 3. The van der Waals surface area contributed by atoms with Crippen LogP contribution < -0.4 is 11.3 Å². The second-order valence-electron chi connectivity index (χ2n) is 3.41. The Morgan fingerprint density at radius 3 is 2.71 bits per heavy atom. The molecule has 0 saturated carbocycles. The average Bonchev–Trinajstić information content (AvgIpc) is 2.72. The molecule has 0 aliphatic rings. The van der Waals surface area contributed by atoms with Crippen molar-refractivity contribution < 1.29 is 8.78 Å². The topological polar surface area (TPSA) is 38.0 Å². The maximum Gasteiger partial charge on any atom is 0.164 e. The fraction of sp³-hybridized carbons (Fsp3) is 0.0909. The minimum Gasteiger partial charge on any atom is -0.271 e. The van der Waals surface area contributed by atoms with Crippen molar-refractivity contribution >= 4 is 27.3 Å². The number of hydrogen-bond acceptors (Lipinski definition) is 3. The van der Waals surface area contributed by atoms with E-state index in [1.165, 1.54) is 23.5 Å². The van der Waals surface area contributed by atoms with Crippen LogP contribution in [-0.4, -0.2) is 0 Å². The molecule has 0 amide bonds. The third-order valence-electron chi connectivity index (χ3n) is 2.33. The molecule has 2 aromatic rings. The van der Waals surface area contributed by atoms with E-state index in [0.717, 1.165) is 15.4 Å². The van der Waals surface area contributed by atoms with Gasteiger partial charge in [0.2, 0.25) is 0 Å². The summed E-state index contributed by atoms with van der Waals surface area (Å²) < 4.78 is 27.7. The third-order valence-corrected chi connectivity index (χ3v) is 4.09. The van der Waals surface area contributed by atoms with Crippen LogP contribution in [0.25, 0.3) is 0 Å². The molecule has 0 radical (unpaired) electrons. The molecule has 1 aromatic heterocycles. The lowest BCUT2D eigenvalue weighted by Crippen LogP contribution is -2.29. The fourth-order valence-electron chi connectivity index (χ4n) is 1.55. The molecule has 1 heterocycles. The van der Waals surface area contributed by atoms with E-state index in [-0.39, 0.29) is 5.56 Å². The standard InChI is InChI=1S/C11H9BrF2N2S/c12-6-4-9(17-5-6)11(16-15)7-2-1-3-8(13)10(7)14/h1-5,11,16H,15H2. The lowest BCUT2D eigenvalue weighted by Gasteiger charge is -2.15. The quantitative estimate of drug-likeness (QED) is 0.673. The summed E-state index contributed by atoms with van der Waals surface area (Å²) in [5.74, 6) is 3.67. The highest BCUT2D eigenvalue weighted by atomic mass is 79.9. The normalized spacial score (nSPS) is 12.7. The van der Waals surface area contributed by atoms with Gasteiger partial charge < -0.3 is 0 Å². The second-order valence-corrected chi connectivity index (χ2v) is 5.27. The van der Waals surface area contributed by atoms with Crippen LogP contribution in [-0.2, 0) is 0 Å². The molecule has 2 rings (SSSR count). The molecule has 1 aromatic carbocycles. The minimum atomic E-state index is -0.877. The van der Waals surface area contributed by atoms with Gasteiger partial charge in [-0.2, -0.15) is 0 Å². The fourth-order valence-corrected chi connectivity index (χ4v) is 3.07. The summed E-state index contributed by atoms with van der Waals surface area (Å²) in [6.45, 7) is 0. The largest absolute Gasteiger partial charge is 0.271 e. The van der Waals surface area contributed by atoms with Crippen molar-refractivity contribution in [3.05, 3.63) is 56.2 Å². The highest BCUT2D eigenvalue weighted by Gasteiger charge is 2.20. The maximum absolute atomic E-state index is 13.7. The van der Waals surface area contributed by atoms with Crippen LogP contribution in [0.4, 0.5) is 8.78 Å². The molecule has 0 aliphatic heterocycles. The molecule has 3 N–H and O–H groups in total. The Labute approximate surface area is 110 Å². The Morgan fingerprint density at radius 2 is 2.12 bits per heavy atom. The van der Waals surface area contributed by atoms with Crippen molar-refractivity contribution in [3.63, 3.8) is 0 Å². The molecule has 90 valence electrons. The zero-order chi connectivity index (χ0) is 12.4. The summed E-state index contributed by atoms with van der Waals surface area (Å²) in [4.78, 5) is 0.809. The number of thiophene rings is 1.